The first-order valence-electron chi connectivity index (χ1n) is 5.23. The summed E-state index contributed by atoms with van der Waals surface area (Å²) in [5.41, 5.74) is -0.0837. The number of aromatic nitrogens is 1. The van der Waals surface area contributed by atoms with E-state index in [-0.39, 0.29) is 11.8 Å². The van der Waals surface area contributed by atoms with Crippen LogP contribution in [-0.4, -0.2) is 23.1 Å². The number of carbonyl (C=O) groups is 2. The van der Waals surface area contributed by atoms with Crippen molar-refractivity contribution in [1.29, 1.82) is 0 Å². The summed E-state index contributed by atoms with van der Waals surface area (Å²) in [6.07, 6.45) is 0.0112. The molecule has 1 atom stereocenters. The van der Waals surface area contributed by atoms with E-state index in [0.717, 1.165) is 0 Å². The molecule has 1 aromatic rings. The van der Waals surface area contributed by atoms with Crippen LogP contribution in [0.1, 0.15) is 50.0 Å². The second-order valence-corrected chi connectivity index (χ2v) is 4.64. The van der Waals surface area contributed by atoms with E-state index in [0.29, 0.717) is 12.0 Å². The second-order valence-electron chi connectivity index (χ2n) is 4.64. The monoisotopic (exact) mass is 240 g/mol. The van der Waals surface area contributed by atoms with E-state index >= 15 is 0 Å². The minimum absolute atomic E-state index is 0.123. The highest BCUT2D eigenvalue weighted by atomic mass is 16.6. The summed E-state index contributed by atoms with van der Waals surface area (Å²) < 4.78 is 9.79. The van der Waals surface area contributed by atoms with Gasteiger partial charge in [0.15, 0.2) is 12.0 Å². The lowest BCUT2D eigenvalue weighted by molar-refractivity contribution is 0.0506. The zero-order valence-electron chi connectivity index (χ0n) is 10.3. The number of rotatable bonds is 3. The van der Waals surface area contributed by atoms with E-state index in [1.807, 2.05) is 0 Å². The van der Waals surface area contributed by atoms with Gasteiger partial charge in [0.05, 0.1) is 6.04 Å². The van der Waals surface area contributed by atoms with Crippen LogP contribution in [0.3, 0.4) is 0 Å². The van der Waals surface area contributed by atoms with E-state index in [9.17, 15) is 9.59 Å². The lowest BCUT2D eigenvalue weighted by Crippen LogP contribution is -2.34. The number of nitrogens with one attached hydrogen (secondary N) is 1. The van der Waals surface area contributed by atoms with Crippen LogP contribution in [0.5, 0.6) is 0 Å². The van der Waals surface area contributed by atoms with Gasteiger partial charge < -0.3 is 14.6 Å². The Morgan fingerprint density at radius 3 is 2.71 bits per heavy atom. The summed E-state index contributed by atoms with van der Waals surface area (Å²) in [4.78, 5) is 21.9. The Morgan fingerprint density at radius 1 is 1.59 bits per heavy atom. The van der Waals surface area contributed by atoms with Crippen molar-refractivity contribution >= 4 is 12.4 Å². The topological polar surface area (TPSA) is 81.4 Å². The highest BCUT2D eigenvalue weighted by molar-refractivity contribution is 5.71. The van der Waals surface area contributed by atoms with Crippen molar-refractivity contribution in [2.24, 2.45) is 0 Å². The molecule has 17 heavy (non-hydrogen) atoms. The number of hydrogen-bond acceptors (Lipinski definition) is 5. The van der Waals surface area contributed by atoms with Crippen molar-refractivity contribution in [2.45, 2.75) is 39.3 Å². The molecule has 0 aliphatic rings. The van der Waals surface area contributed by atoms with Crippen LogP contribution >= 0.6 is 0 Å². The van der Waals surface area contributed by atoms with Crippen molar-refractivity contribution in [3.8, 4) is 0 Å². The number of carbonyl (C=O) groups excluding carboxylic acids is 2. The highest BCUT2D eigenvalue weighted by Gasteiger charge is 2.19. The maximum absolute atomic E-state index is 11.5. The number of hydrogen-bond donors (Lipinski definition) is 1. The first-order chi connectivity index (χ1) is 7.81. The Labute approximate surface area is 99.3 Å². The third kappa shape index (κ3) is 4.26. The van der Waals surface area contributed by atoms with Crippen molar-refractivity contribution in [1.82, 2.24) is 10.5 Å². The minimum atomic E-state index is -0.554. The van der Waals surface area contributed by atoms with Crippen molar-refractivity contribution in [3.05, 3.63) is 17.5 Å². The Morgan fingerprint density at radius 2 is 2.24 bits per heavy atom. The van der Waals surface area contributed by atoms with Gasteiger partial charge in [-0.05, 0) is 27.7 Å². The zero-order valence-corrected chi connectivity index (χ0v) is 10.3. The van der Waals surface area contributed by atoms with E-state index in [1.54, 1.807) is 27.7 Å². The maximum atomic E-state index is 11.5. The second kappa shape index (κ2) is 4.99. The molecule has 0 fully saturated rings. The lowest BCUT2D eigenvalue weighted by atomic mass is 10.2. The van der Waals surface area contributed by atoms with Crippen LogP contribution in [0.4, 0.5) is 4.79 Å². The van der Waals surface area contributed by atoms with Crippen LogP contribution < -0.4 is 5.32 Å². The van der Waals surface area contributed by atoms with E-state index in [1.165, 1.54) is 6.07 Å². The first kappa shape index (κ1) is 13.2. The molecule has 0 bridgehead atoms. The maximum Gasteiger partial charge on any atom is 0.408 e. The van der Waals surface area contributed by atoms with Crippen LogP contribution in [-0.2, 0) is 4.74 Å². The predicted octanol–water partition coefficient (Wildman–Crippen LogP) is 2.07. The molecule has 0 aromatic carbocycles. The third-order valence-corrected chi connectivity index (χ3v) is 1.84. The lowest BCUT2D eigenvalue weighted by Gasteiger charge is -2.21. The Kier molecular flexibility index (Phi) is 3.88. The summed E-state index contributed by atoms with van der Waals surface area (Å²) in [5, 5.41) is 6.25. The minimum Gasteiger partial charge on any atom is -0.444 e. The molecule has 6 nitrogen and oxygen atoms in total. The van der Waals surface area contributed by atoms with Gasteiger partial charge in [-0.15, -0.1) is 0 Å². The van der Waals surface area contributed by atoms with E-state index in [2.05, 4.69) is 10.5 Å². The normalized spacial score (nSPS) is 12.9. The summed E-state index contributed by atoms with van der Waals surface area (Å²) >= 11 is 0. The molecule has 1 N–H and O–H groups in total. The quantitative estimate of drug-likeness (QED) is 0.818. The fourth-order valence-electron chi connectivity index (χ4n) is 1.12. The largest absolute Gasteiger partial charge is 0.444 e. The molecule has 0 saturated heterocycles. The summed E-state index contributed by atoms with van der Waals surface area (Å²) in [5.74, 6) is 0.123. The first-order valence-corrected chi connectivity index (χ1v) is 5.23. The molecule has 1 rings (SSSR count). The van der Waals surface area contributed by atoms with Crippen LogP contribution in [0, 0.1) is 0 Å². The molecule has 0 spiro atoms. The number of aldehydes is 1. The zero-order chi connectivity index (χ0) is 13.1. The standard InChI is InChI=1S/C11H16N2O4/c1-7(9-5-8(6-14)17-13-9)12-10(15)16-11(2,3)4/h5-7H,1-4H3,(H,12,15)/t7-/m0/s1. The Balaban J connectivity index is 2.57. The van der Waals surface area contributed by atoms with Gasteiger partial charge in [-0.2, -0.15) is 0 Å². The van der Waals surface area contributed by atoms with Gasteiger partial charge in [-0.1, -0.05) is 5.16 Å². The molecule has 6 heteroatoms. The molecular formula is C11H16N2O4. The highest BCUT2D eigenvalue weighted by Crippen LogP contribution is 2.13. The summed E-state index contributed by atoms with van der Waals surface area (Å²) in [7, 11) is 0. The van der Waals surface area contributed by atoms with Gasteiger partial charge in [0.25, 0.3) is 0 Å². The molecule has 1 heterocycles. The number of nitrogens with zero attached hydrogens (tertiary/aromatic N) is 1. The van der Waals surface area contributed by atoms with Crippen molar-refractivity contribution in [3.63, 3.8) is 0 Å². The molecule has 0 unspecified atom stereocenters. The molecule has 1 amide bonds. The van der Waals surface area contributed by atoms with E-state index in [4.69, 9.17) is 9.26 Å². The molecule has 0 aliphatic heterocycles. The summed E-state index contributed by atoms with van der Waals surface area (Å²) in [6, 6.07) is 1.08. The van der Waals surface area contributed by atoms with E-state index < -0.39 is 11.7 Å². The SMILES string of the molecule is C[C@H](NC(=O)OC(C)(C)C)c1cc(C=O)on1. The number of ether oxygens (including phenoxy) is 1. The molecule has 94 valence electrons. The third-order valence-electron chi connectivity index (χ3n) is 1.84. The van der Waals surface area contributed by atoms with Crippen LogP contribution in [0.2, 0.25) is 0 Å². The molecule has 1 aromatic heterocycles. The number of alkyl carbamates (subject to hydrolysis) is 1. The van der Waals surface area contributed by atoms with Gasteiger partial charge in [-0.3, -0.25) is 4.79 Å². The average Bonchev–Trinajstić information content (AvgIpc) is 2.62. The summed E-state index contributed by atoms with van der Waals surface area (Å²) in [6.45, 7) is 7.05. The van der Waals surface area contributed by atoms with Crippen LogP contribution in [0.25, 0.3) is 0 Å². The molecule has 0 saturated carbocycles. The molecule has 0 radical (unpaired) electrons. The molecule has 0 aliphatic carbocycles. The van der Waals surface area contributed by atoms with Gasteiger partial charge in [0, 0.05) is 6.07 Å². The van der Waals surface area contributed by atoms with Crippen molar-refractivity contribution < 1.29 is 18.8 Å². The fourth-order valence-corrected chi connectivity index (χ4v) is 1.12. The van der Waals surface area contributed by atoms with Gasteiger partial charge in [0.2, 0.25) is 0 Å². The van der Waals surface area contributed by atoms with Gasteiger partial charge in [0.1, 0.15) is 11.3 Å². The smallest absolute Gasteiger partial charge is 0.408 e. The van der Waals surface area contributed by atoms with Gasteiger partial charge >= 0.3 is 6.09 Å². The fraction of sp³-hybridized carbons (Fsp3) is 0.545. The number of amides is 1. The Bertz CT molecular complexity index is 406. The van der Waals surface area contributed by atoms with Crippen LogP contribution in [0.15, 0.2) is 10.6 Å². The Hall–Kier alpha value is -1.85. The average molecular weight is 240 g/mol. The van der Waals surface area contributed by atoms with Crippen molar-refractivity contribution in [2.75, 3.05) is 0 Å². The molecular weight excluding hydrogens is 224 g/mol. The van der Waals surface area contributed by atoms with Gasteiger partial charge in [-0.25, -0.2) is 4.79 Å². The predicted molar refractivity (Wildman–Crippen MR) is 59.7 cm³/mol.